The molecule has 0 spiro atoms. The van der Waals surface area contributed by atoms with Gasteiger partial charge in [-0.15, -0.1) is 6.42 Å². The summed E-state index contributed by atoms with van der Waals surface area (Å²) in [5.41, 5.74) is 1.10. The van der Waals surface area contributed by atoms with Crippen LogP contribution < -0.4 is 4.90 Å². The lowest BCUT2D eigenvalue weighted by Gasteiger charge is -2.24. The van der Waals surface area contributed by atoms with Crippen molar-refractivity contribution in [3.8, 4) is 12.3 Å². The van der Waals surface area contributed by atoms with Gasteiger partial charge in [-0.25, -0.2) is 0 Å². The van der Waals surface area contributed by atoms with Crippen molar-refractivity contribution in [2.45, 2.75) is 12.7 Å². The molecule has 0 atom stereocenters. The summed E-state index contributed by atoms with van der Waals surface area (Å²) in [6.45, 7) is -0.247. The van der Waals surface area contributed by atoms with Crippen LogP contribution in [-0.2, 0) is 11.3 Å². The van der Waals surface area contributed by atoms with Crippen LogP contribution in [0.4, 0.5) is 18.9 Å². The Morgan fingerprint density at radius 2 is 1.64 bits per heavy atom. The summed E-state index contributed by atoms with van der Waals surface area (Å²) in [5.74, 6) is 0.485. The summed E-state index contributed by atoms with van der Waals surface area (Å²) in [4.78, 5) is 12.4. The lowest BCUT2D eigenvalue weighted by Crippen LogP contribution is -2.41. The molecular formula is C17H12F3NO. The number of rotatable bonds is 3. The van der Waals surface area contributed by atoms with Gasteiger partial charge >= 0.3 is 12.1 Å². The lowest BCUT2D eigenvalue weighted by atomic mass is 10.1. The zero-order valence-electron chi connectivity index (χ0n) is 11.5. The average Bonchev–Trinajstić information content (AvgIpc) is 2.52. The molecule has 2 rings (SSSR count). The van der Waals surface area contributed by atoms with E-state index in [9.17, 15) is 18.0 Å². The first-order valence-corrected chi connectivity index (χ1v) is 6.41. The standard InChI is InChI=1S/C17H12F3NO/c1-2-13-8-6-7-9-14(13)12-21(16(22)17(18,19)20)15-10-4-3-5-11-15/h1,3-11H,12H2. The van der Waals surface area contributed by atoms with Crippen molar-refractivity contribution in [2.75, 3.05) is 4.90 Å². The number of anilines is 1. The van der Waals surface area contributed by atoms with Gasteiger partial charge in [0, 0.05) is 11.3 Å². The van der Waals surface area contributed by atoms with Crippen molar-refractivity contribution < 1.29 is 18.0 Å². The fraction of sp³-hybridized carbons (Fsp3) is 0.118. The second kappa shape index (κ2) is 6.35. The Hall–Kier alpha value is -2.74. The van der Waals surface area contributed by atoms with E-state index in [1.165, 1.54) is 12.1 Å². The van der Waals surface area contributed by atoms with Crippen molar-refractivity contribution in [1.29, 1.82) is 0 Å². The summed E-state index contributed by atoms with van der Waals surface area (Å²) < 4.78 is 38.5. The maximum absolute atomic E-state index is 12.8. The monoisotopic (exact) mass is 303 g/mol. The predicted octanol–water partition coefficient (Wildman–Crippen LogP) is 3.76. The molecule has 0 saturated heterocycles. The molecule has 2 nitrogen and oxygen atoms in total. The second-order valence-electron chi connectivity index (χ2n) is 4.53. The highest BCUT2D eigenvalue weighted by Crippen LogP contribution is 2.26. The Balaban J connectivity index is 2.42. The number of amides is 1. The number of nitrogens with zero attached hydrogens (tertiary/aromatic N) is 1. The SMILES string of the molecule is C#Cc1ccccc1CN(C(=O)C(F)(F)F)c1ccccc1. The van der Waals surface area contributed by atoms with Crippen LogP contribution in [0.3, 0.4) is 0 Å². The molecule has 0 N–H and O–H groups in total. The summed E-state index contributed by atoms with van der Waals surface area (Å²) in [5, 5.41) is 0. The Morgan fingerprint density at radius 1 is 1.05 bits per heavy atom. The predicted molar refractivity (Wildman–Crippen MR) is 78.1 cm³/mol. The first-order valence-electron chi connectivity index (χ1n) is 6.41. The maximum Gasteiger partial charge on any atom is 0.471 e. The van der Waals surface area contributed by atoms with E-state index in [0.717, 1.165) is 0 Å². The zero-order chi connectivity index (χ0) is 16.2. The van der Waals surface area contributed by atoms with Crippen LogP contribution in [0.1, 0.15) is 11.1 Å². The van der Waals surface area contributed by atoms with Gasteiger partial charge in [0.25, 0.3) is 0 Å². The number of alkyl halides is 3. The number of terminal acetylenes is 1. The fourth-order valence-electron chi connectivity index (χ4n) is 2.01. The van der Waals surface area contributed by atoms with Crippen LogP contribution >= 0.6 is 0 Å². The van der Waals surface area contributed by atoms with Gasteiger partial charge in [0.1, 0.15) is 0 Å². The molecule has 1 amide bonds. The minimum Gasteiger partial charge on any atom is -0.300 e. The van der Waals surface area contributed by atoms with E-state index in [2.05, 4.69) is 5.92 Å². The minimum atomic E-state index is -4.96. The number of halogens is 3. The summed E-state index contributed by atoms with van der Waals surface area (Å²) in [7, 11) is 0. The van der Waals surface area contributed by atoms with Crippen molar-refractivity contribution in [2.24, 2.45) is 0 Å². The smallest absolute Gasteiger partial charge is 0.300 e. The topological polar surface area (TPSA) is 20.3 Å². The van der Waals surface area contributed by atoms with Crippen LogP contribution in [-0.4, -0.2) is 12.1 Å². The number of benzene rings is 2. The normalized spacial score (nSPS) is 10.8. The first kappa shape index (κ1) is 15.6. The van der Waals surface area contributed by atoms with Crippen LogP contribution in [0.15, 0.2) is 54.6 Å². The van der Waals surface area contributed by atoms with Gasteiger partial charge in [-0.3, -0.25) is 4.79 Å². The Bertz CT molecular complexity index is 702. The second-order valence-corrected chi connectivity index (χ2v) is 4.53. The number of hydrogen-bond acceptors (Lipinski definition) is 1. The summed E-state index contributed by atoms with van der Waals surface area (Å²) in [6.07, 6.45) is 0.394. The molecule has 0 aliphatic rings. The molecule has 2 aromatic rings. The number of carbonyl (C=O) groups is 1. The lowest BCUT2D eigenvalue weighted by molar-refractivity contribution is -0.170. The number of carbonyl (C=O) groups excluding carboxylic acids is 1. The molecule has 0 aliphatic heterocycles. The van der Waals surface area contributed by atoms with E-state index in [1.807, 2.05) is 0 Å². The molecule has 0 aromatic heterocycles. The molecule has 0 heterocycles. The van der Waals surface area contributed by atoms with Gasteiger partial charge < -0.3 is 4.90 Å². The third-order valence-corrected chi connectivity index (χ3v) is 3.06. The molecule has 0 unspecified atom stereocenters. The molecule has 5 heteroatoms. The van der Waals surface area contributed by atoms with Crippen molar-refractivity contribution in [1.82, 2.24) is 0 Å². The fourth-order valence-corrected chi connectivity index (χ4v) is 2.01. The largest absolute Gasteiger partial charge is 0.471 e. The van der Waals surface area contributed by atoms with Crippen LogP contribution in [0.2, 0.25) is 0 Å². The Labute approximate surface area is 126 Å². The number of hydrogen-bond donors (Lipinski definition) is 0. The van der Waals surface area contributed by atoms with E-state index < -0.39 is 12.1 Å². The molecule has 0 saturated carbocycles. The van der Waals surface area contributed by atoms with Gasteiger partial charge in [-0.2, -0.15) is 13.2 Å². The molecule has 0 radical (unpaired) electrons. The third kappa shape index (κ3) is 3.47. The van der Waals surface area contributed by atoms with Crippen molar-refractivity contribution in [3.63, 3.8) is 0 Å². The Morgan fingerprint density at radius 3 is 2.23 bits per heavy atom. The highest BCUT2D eigenvalue weighted by molar-refractivity contribution is 5.97. The summed E-state index contributed by atoms with van der Waals surface area (Å²) in [6, 6.07) is 14.3. The van der Waals surface area contributed by atoms with Crippen LogP contribution in [0, 0.1) is 12.3 Å². The van der Waals surface area contributed by atoms with E-state index in [-0.39, 0.29) is 12.2 Å². The van der Waals surface area contributed by atoms with Gasteiger partial charge in [-0.05, 0) is 23.8 Å². The zero-order valence-corrected chi connectivity index (χ0v) is 11.5. The van der Waals surface area contributed by atoms with E-state index in [1.54, 1.807) is 42.5 Å². The molecule has 0 bridgehead atoms. The highest BCUT2D eigenvalue weighted by Gasteiger charge is 2.43. The molecule has 112 valence electrons. The number of para-hydroxylation sites is 1. The Kier molecular flexibility index (Phi) is 4.52. The quantitative estimate of drug-likeness (QED) is 0.791. The third-order valence-electron chi connectivity index (χ3n) is 3.06. The molecule has 0 aliphatic carbocycles. The van der Waals surface area contributed by atoms with Gasteiger partial charge in [0.2, 0.25) is 0 Å². The van der Waals surface area contributed by atoms with E-state index in [0.29, 0.717) is 16.0 Å². The molecule has 22 heavy (non-hydrogen) atoms. The first-order chi connectivity index (χ1) is 10.4. The van der Waals surface area contributed by atoms with E-state index in [4.69, 9.17) is 6.42 Å². The summed E-state index contributed by atoms with van der Waals surface area (Å²) >= 11 is 0. The highest BCUT2D eigenvalue weighted by atomic mass is 19.4. The molecular weight excluding hydrogens is 291 g/mol. The van der Waals surface area contributed by atoms with Gasteiger partial charge in [0.05, 0.1) is 6.54 Å². The van der Waals surface area contributed by atoms with E-state index >= 15 is 0 Å². The minimum absolute atomic E-state index is 0.164. The van der Waals surface area contributed by atoms with Crippen molar-refractivity contribution in [3.05, 3.63) is 65.7 Å². The van der Waals surface area contributed by atoms with Crippen LogP contribution in [0.5, 0.6) is 0 Å². The molecule has 2 aromatic carbocycles. The average molecular weight is 303 g/mol. The van der Waals surface area contributed by atoms with Gasteiger partial charge in [0.15, 0.2) is 0 Å². The van der Waals surface area contributed by atoms with Crippen molar-refractivity contribution >= 4 is 11.6 Å². The maximum atomic E-state index is 12.8. The van der Waals surface area contributed by atoms with Gasteiger partial charge in [-0.1, -0.05) is 42.3 Å². The molecule has 0 fully saturated rings. The van der Waals surface area contributed by atoms with Crippen LogP contribution in [0.25, 0.3) is 0 Å².